The van der Waals surface area contributed by atoms with Crippen molar-refractivity contribution in [3.05, 3.63) is 42.7 Å². The van der Waals surface area contributed by atoms with E-state index in [1.165, 1.54) is 0 Å². The van der Waals surface area contributed by atoms with Crippen LogP contribution in [-0.4, -0.2) is 39.0 Å². The van der Waals surface area contributed by atoms with Crippen LogP contribution in [0.3, 0.4) is 0 Å². The molecule has 0 bridgehead atoms. The summed E-state index contributed by atoms with van der Waals surface area (Å²) in [6.45, 7) is 1.34. The molecule has 1 saturated heterocycles. The molecule has 0 spiro atoms. The molecule has 1 fully saturated rings. The maximum absolute atomic E-state index is 11.9. The van der Waals surface area contributed by atoms with Crippen LogP contribution in [0, 0.1) is 0 Å². The minimum absolute atomic E-state index is 0.0717. The van der Waals surface area contributed by atoms with Crippen molar-refractivity contribution in [1.29, 1.82) is 0 Å². The summed E-state index contributed by atoms with van der Waals surface area (Å²) >= 11 is 0. The summed E-state index contributed by atoms with van der Waals surface area (Å²) in [5.41, 5.74) is 0.812. The summed E-state index contributed by atoms with van der Waals surface area (Å²) in [6.07, 6.45) is 3.46. The van der Waals surface area contributed by atoms with E-state index in [1.54, 1.807) is 15.8 Å². The Labute approximate surface area is 104 Å². The average molecular weight is 243 g/mol. The lowest BCUT2D eigenvalue weighted by molar-refractivity contribution is 0.127. The molecule has 2 amide bonds. The van der Waals surface area contributed by atoms with E-state index in [0.717, 1.165) is 5.69 Å². The number of amides is 2. The Balaban J connectivity index is 1.54. The van der Waals surface area contributed by atoms with Gasteiger partial charge in [-0.1, -0.05) is 23.4 Å². The third kappa shape index (κ3) is 2.04. The molecule has 1 aromatic carbocycles. The second kappa shape index (κ2) is 4.48. The van der Waals surface area contributed by atoms with Crippen LogP contribution in [0.25, 0.3) is 0 Å². The summed E-state index contributed by atoms with van der Waals surface area (Å²) in [5.74, 6) is 0. The fraction of sp³-hybridized carbons (Fsp3) is 0.250. The smallest absolute Gasteiger partial charge is 0.320 e. The van der Waals surface area contributed by atoms with Gasteiger partial charge in [0.15, 0.2) is 0 Å². The Morgan fingerprint density at radius 1 is 1.28 bits per heavy atom. The number of anilines is 1. The fourth-order valence-electron chi connectivity index (χ4n) is 1.92. The van der Waals surface area contributed by atoms with Crippen LogP contribution in [0.1, 0.15) is 6.04 Å². The van der Waals surface area contributed by atoms with Gasteiger partial charge in [0, 0.05) is 25.0 Å². The van der Waals surface area contributed by atoms with Crippen molar-refractivity contribution in [1.82, 2.24) is 19.9 Å². The van der Waals surface area contributed by atoms with Crippen LogP contribution in [0.5, 0.6) is 0 Å². The number of rotatable bonds is 2. The second-order valence-corrected chi connectivity index (χ2v) is 4.24. The van der Waals surface area contributed by atoms with Crippen LogP contribution in [0.2, 0.25) is 0 Å². The summed E-state index contributed by atoms with van der Waals surface area (Å²) in [4.78, 5) is 13.6. The molecule has 2 aromatic rings. The number of para-hydroxylation sites is 1. The summed E-state index contributed by atoms with van der Waals surface area (Å²) in [5, 5.41) is 10.5. The lowest BCUT2D eigenvalue weighted by Crippen LogP contribution is -2.52. The number of carbonyl (C=O) groups is 1. The van der Waals surface area contributed by atoms with Gasteiger partial charge in [-0.25, -0.2) is 9.48 Å². The van der Waals surface area contributed by atoms with E-state index in [-0.39, 0.29) is 12.1 Å². The molecule has 0 atom stereocenters. The van der Waals surface area contributed by atoms with Crippen molar-refractivity contribution in [2.75, 3.05) is 18.4 Å². The molecule has 6 heteroatoms. The number of nitrogens with one attached hydrogen (secondary N) is 1. The number of benzene rings is 1. The van der Waals surface area contributed by atoms with Gasteiger partial charge in [0.25, 0.3) is 0 Å². The number of hydrogen-bond donors (Lipinski definition) is 1. The predicted molar refractivity (Wildman–Crippen MR) is 66.1 cm³/mol. The Morgan fingerprint density at radius 3 is 2.72 bits per heavy atom. The quantitative estimate of drug-likeness (QED) is 0.866. The van der Waals surface area contributed by atoms with Gasteiger partial charge in [-0.2, -0.15) is 0 Å². The van der Waals surface area contributed by atoms with E-state index >= 15 is 0 Å². The van der Waals surface area contributed by atoms with Gasteiger partial charge in [-0.05, 0) is 12.1 Å². The van der Waals surface area contributed by atoms with Crippen molar-refractivity contribution in [2.45, 2.75) is 6.04 Å². The molecule has 92 valence electrons. The molecule has 0 aliphatic carbocycles. The van der Waals surface area contributed by atoms with Gasteiger partial charge in [0.2, 0.25) is 0 Å². The number of aromatic nitrogens is 3. The monoisotopic (exact) mass is 243 g/mol. The number of carbonyl (C=O) groups excluding carboxylic acids is 1. The number of hydrogen-bond acceptors (Lipinski definition) is 3. The van der Waals surface area contributed by atoms with Gasteiger partial charge in [0.1, 0.15) is 0 Å². The van der Waals surface area contributed by atoms with E-state index in [4.69, 9.17) is 0 Å². The average Bonchev–Trinajstić information content (AvgIpc) is 2.82. The normalized spacial score (nSPS) is 15.2. The van der Waals surface area contributed by atoms with Crippen LogP contribution in [0.4, 0.5) is 10.5 Å². The lowest BCUT2D eigenvalue weighted by atomic mass is 10.1. The van der Waals surface area contributed by atoms with Crippen molar-refractivity contribution >= 4 is 11.7 Å². The van der Waals surface area contributed by atoms with E-state index in [0.29, 0.717) is 13.1 Å². The minimum atomic E-state index is -0.0717. The van der Waals surface area contributed by atoms with Crippen LogP contribution in [0.15, 0.2) is 42.7 Å². The second-order valence-electron chi connectivity index (χ2n) is 4.24. The Bertz CT molecular complexity index is 519. The van der Waals surface area contributed by atoms with E-state index in [1.807, 2.05) is 36.5 Å². The Hall–Kier alpha value is -2.37. The molecule has 3 rings (SSSR count). The minimum Gasteiger partial charge on any atom is -0.320 e. The molecule has 2 heterocycles. The van der Waals surface area contributed by atoms with Gasteiger partial charge in [-0.3, -0.25) is 0 Å². The molecule has 1 aromatic heterocycles. The first-order valence-corrected chi connectivity index (χ1v) is 5.80. The molecule has 18 heavy (non-hydrogen) atoms. The molecule has 0 saturated carbocycles. The van der Waals surface area contributed by atoms with Crippen LogP contribution < -0.4 is 5.32 Å². The molecule has 0 unspecified atom stereocenters. The van der Waals surface area contributed by atoms with Gasteiger partial charge in [-0.15, -0.1) is 5.10 Å². The zero-order valence-electron chi connectivity index (χ0n) is 9.73. The molecule has 1 aliphatic heterocycles. The van der Waals surface area contributed by atoms with E-state index in [2.05, 4.69) is 15.6 Å². The molecule has 1 aliphatic rings. The first-order valence-electron chi connectivity index (χ1n) is 5.80. The molecule has 1 N–H and O–H groups in total. The van der Waals surface area contributed by atoms with E-state index in [9.17, 15) is 4.79 Å². The highest BCUT2D eigenvalue weighted by atomic mass is 16.2. The SMILES string of the molecule is O=C(Nc1ccccc1)N1CC(n2ccnn2)C1. The highest BCUT2D eigenvalue weighted by Crippen LogP contribution is 2.20. The maximum atomic E-state index is 11.9. The Kier molecular flexibility index (Phi) is 2.68. The first-order chi connectivity index (χ1) is 8.83. The van der Waals surface area contributed by atoms with Crippen LogP contribution >= 0.6 is 0 Å². The van der Waals surface area contributed by atoms with Gasteiger partial charge < -0.3 is 10.2 Å². The highest BCUT2D eigenvalue weighted by molar-refractivity contribution is 5.89. The van der Waals surface area contributed by atoms with Gasteiger partial charge in [0.05, 0.1) is 12.2 Å². The molecule has 6 nitrogen and oxygen atoms in total. The largest absolute Gasteiger partial charge is 0.321 e. The number of nitrogens with zero attached hydrogens (tertiary/aromatic N) is 4. The van der Waals surface area contributed by atoms with Crippen molar-refractivity contribution in [3.63, 3.8) is 0 Å². The summed E-state index contributed by atoms with van der Waals surface area (Å²) in [6, 6.07) is 9.61. The maximum Gasteiger partial charge on any atom is 0.321 e. The van der Waals surface area contributed by atoms with Crippen LogP contribution in [-0.2, 0) is 0 Å². The number of likely N-dealkylation sites (tertiary alicyclic amines) is 1. The number of urea groups is 1. The van der Waals surface area contributed by atoms with Crippen molar-refractivity contribution < 1.29 is 4.79 Å². The predicted octanol–water partition coefficient (Wildman–Crippen LogP) is 1.37. The molecule has 0 radical (unpaired) electrons. The third-order valence-corrected chi connectivity index (χ3v) is 2.99. The van der Waals surface area contributed by atoms with Crippen molar-refractivity contribution in [3.8, 4) is 0 Å². The fourth-order valence-corrected chi connectivity index (χ4v) is 1.92. The zero-order valence-corrected chi connectivity index (χ0v) is 9.73. The summed E-state index contributed by atoms with van der Waals surface area (Å²) < 4.78 is 1.78. The lowest BCUT2D eigenvalue weighted by Gasteiger charge is -2.38. The van der Waals surface area contributed by atoms with Crippen molar-refractivity contribution in [2.24, 2.45) is 0 Å². The molecular weight excluding hydrogens is 230 g/mol. The third-order valence-electron chi connectivity index (χ3n) is 2.99. The topological polar surface area (TPSA) is 63.1 Å². The molecular formula is C12H13N5O. The van der Waals surface area contributed by atoms with Gasteiger partial charge >= 0.3 is 6.03 Å². The Morgan fingerprint density at radius 2 is 2.06 bits per heavy atom. The summed E-state index contributed by atoms with van der Waals surface area (Å²) in [7, 11) is 0. The highest BCUT2D eigenvalue weighted by Gasteiger charge is 2.32. The van der Waals surface area contributed by atoms with E-state index < -0.39 is 0 Å². The first kappa shape index (κ1) is 10.8. The standard InChI is InChI=1S/C12H13N5O/c18-12(14-10-4-2-1-3-5-10)16-8-11(9-16)17-7-6-13-15-17/h1-7,11H,8-9H2,(H,14,18). The zero-order chi connectivity index (χ0) is 12.4.